The maximum Gasteiger partial charge on any atom is 0.271 e. The number of aromatic nitrogens is 1. The fourth-order valence-electron chi connectivity index (χ4n) is 1.61. The summed E-state index contributed by atoms with van der Waals surface area (Å²) in [7, 11) is -3.57. The van der Waals surface area contributed by atoms with Crippen molar-refractivity contribution in [1.29, 1.82) is 0 Å². The second kappa shape index (κ2) is 5.28. The molecule has 7 heteroatoms. The summed E-state index contributed by atoms with van der Waals surface area (Å²) in [5.74, 6) is 0. The number of rotatable bonds is 4. The van der Waals surface area contributed by atoms with Gasteiger partial charge < -0.3 is 5.73 Å². The molecule has 0 amide bonds. The van der Waals surface area contributed by atoms with Gasteiger partial charge in [-0.15, -0.1) is 11.3 Å². The molecular formula is C12H15N3O2S2. The van der Waals surface area contributed by atoms with Gasteiger partial charge in [-0.2, -0.15) is 0 Å². The number of pyridine rings is 1. The maximum atomic E-state index is 12.3. The van der Waals surface area contributed by atoms with Crippen molar-refractivity contribution in [2.45, 2.75) is 24.6 Å². The third kappa shape index (κ3) is 2.94. The zero-order chi connectivity index (χ0) is 14.0. The topological polar surface area (TPSA) is 85.1 Å². The highest BCUT2D eigenvalue weighted by Gasteiger charge is 2.19. The molecule has 0 aliphatic rings. The Kier molecular flexibility index (Phi) is 3.88. The number of sulfonamides is 1. The van der Waals surface area contributed by atoms with E-state index < -0.39 is 10.0 Å². The summed E-state index contributed by atoms with van der Waals surface area (Å²) >= 11 is 1.20. The van der Waals surface area contributed by atoms with Crippen LogP contribution in [-0.4, -0.2) is 13.4 Å². The Morgan fingerprint density at radius 3 is 2.74 bits per heavy atom. The average Bonchev–Trinajstić information content (AvgIpc) is 2.74. The fraction of sp³-hybridized carbons (Fsp3) is 0.250. The van der Waals surface area contributed by atoms with Crippen molar-refractivity contribution >= 4 is 27.0 Å². The first-order valence-corrected chi connectivity index (χ1v) is 7.98. The summed E-state index contributed by atoms with van der Waals surface area (Å²) in [6, 6.07) is 5.01. The number of nitrogens with zero attached hydrogens (tertiary/aromatic N) is 1. The molecule has 2 heterocycles. The maximum absolute atomic E-state index is 12.3. The molecular weight excluding hydrogens is 282 g/mol. The second-order valence-electron chi connectivity index (χ2n) is 4.12. The summed E-state index contributed by atoms with van der Waals surface area (Å²) in [6.07, 6.45) is 1.62. The Morgan fingerprint density at radius 2 is 2.16 bits per heavy atom. The number of hydrogen-bond donors (Lipinski definition) is 2. The third-order valence-electron chi connectivity index (χ3n) is 2.70. The van der Waals surface area contributed by atoms with Gasteiger partial charge in [-0.05, 0) is 37.6 Å². The Labute approximate surface area is 116 Å². The normalized spacial score (nSPS) is 11.5. The minimum atomic E-state index is -3.57. The molecule has 5 nitrogen and oxygen atoms in total. The lowest BCUT2D eigenvalue weighted by atomic mass is 10.3. The van der Waals surface area contributed by atoms with Gasteiger partial charge in [0, 0.05) is 17.6 Å². The molecule has 0 saturated heterocycles. The van der Waals surface area contributed by atoms with Crippen LogP contribution in [0.1, 0.15) is 16.1 Å². The first kappa shape index (κ1) is 14.0. The minimum absolute atomic E-state index is 0.272. The molecule has 0 unspecified atom stereocenters. The van der Waals surface area contributed by atoms with Crippen molar-refractivity contribution in [3.8, 4) is 0 Å². The van der Waals surface area contributed by atoms with Crippen LogP contribution in [-0.2, 0) is 16.6 Å². The van der Waals surface area contributed by atoms with Crippen molar-refractivity contribution in [3.63, 3.8) is 0 Å². The molecule has 0 saturated carbocycles. The Hall–Kier alpha value is -1.44. The lowest BCUT2D eigenvalue weighted by Gasteiger charge is -2.07. The van der Waals surface area contributed by atoms with Gasteiger partial charge in [0.2, 0.25) is 0 Å². The predicted octanol–water partition coefficient (Wildman–Crippen LogP) is 2.02. The van der Waals surface area contributed by atoms with Crippen LogP contribution in [0.4, 0.5) is 5.69 Å². The summed E-state index contributed by atoms with van der Waals surface area (Å²) in [5, 5.41) is 0. The van der Waals surface area contributed by atoms with Gasteiger partial charge >= 0.3 is 0 Å². The van der Waals surface area contributed by atoms with E-state index in [-0.39, 0.29) is 4.21 Å². The highest BCUT2D eigenvalue weighted by molar-refractivity contribution is 7.94. The minimum Gasteiger partial charge on any atom is -0.326 e. The van der Waals surface area contributed by atoms with E-state index >= 15 is 0 Å². The Balaban J connectivity index is 2.35. The summed E-state index contributed by atoms with van der Waals surface area (Å²) in [6.45, 7) is 3.95. The second-order valence-corrected chi connectivity index (χ2v) is 7.16. The van der Waals surface area contributed by atoms with Crippen molar-refractivity contribution < 1.29 is 8.42 Å². The molecule has 3 N–H and O–H groups in total. The summed E-state index contributed by atoms with van der Waals surface area (Å²) < 4.78 is 27.4. The van der Waals surface area contributed by atoms with E-state index in [0.717, 1.165) is 10.4 Å². The van der Waals surface area contributed by atoms with Crippen LogP contribution < -0.4 is 10.5 Å². The predicted molar refractivity (Wildman–Crippen MR) is 76.7 cm³/mol. The Morgan fingerprint density at radius 1 is 1.42 bits per heavy atom. The van der Waals surface area contributed by atoms with E-state index in [4.69, 9.17) is 5.73 Å². The SMILES string of the molecule is Cc1cc(S(=O)(=O)Nc2cccnc2C)sc1CN. The van der Waals surface area contributed by atoms with Crippen molar-refractivity contribution in [3.05, 3.63) is 40.5 Å². The third-order valence-corrected chi connectivity index (χ3v) is 5.80. The van der Waals surface area contributed by atoms with Gasteiger partial charge in [0.1, 0.15) is 4.21 Å². The number of aryl methyl sites for hydroxylation is 2. The molecule has 2 aromatic heterocycles. The van der Waals surface area contributed by atoms with Gasteiger partial charge in [-0.25, -0.2) is 8.42 Å². The molecule has 0 bridgehead atoms. The Bertz CT molecular complexity index is 693. The number of hydrogen-bond acceptors (Lipinski definition) is 5. The highest BCUT2D eigenvalue weighted by Crippen LogP contribution is 2.27. The lowest BCUT2D eigenvalue weighted by molar-refractivity contribution is 0.603. The number of thiophene rings is 1. The van der Waals surface area contributed by atoms with Crippen molar-refractivity contribution in [2.75, 3.05) is 4.72 Å². The van der Waals surface area contributed by atoms with E-state index in [1.165, 1.54) is 11.3 Å². The van der Waals surface area contributed by atoms with Gasteiger partial charge in [-0.3, -0.25) is 9.71 Å². The van der Waals surface area contributed by atoms with E-state index in [1.54, 1.807) is 31.3 Å². The quantitative estimate of drug-likeness (QED) is 0.904. The summed E-state index contributed by atoms with van der Waals surface area (Å²) in [5.41, 5.74) is 7.59. The van der Waals surface area contributed by atoms with Crippen LogP contribution in [0.5, 0.6) is 0 Å². The first-order valence-electron chi connectivity index (χ1n) is 5.68. The molecule has 2 rings (SSSR count). The van der Waals surface area contributed by atoms with Crippen LogP contribution >= 0.6 is 11.3 Å². The van der Waals surface area contributed by atoms with Gasteiger partial charge in [0.05, 0.1) is 11.4 Å². The van der Waals surface area contributed by atoms with Crippen LogP contribution in [0.25, 0.3) is 0 Å². The van der Waals surface area contributed by atoms with Crippen LogP contribution in [0.2, 0.25) is 0 Å². The molecule has 0 aliphatic carbocycles. The number of nitrogens with two attached hydrogens (primary N) is 1. The van der Waals surface area contributed by atoms with Crippen LogP contribution in [0.15, 0.2) is 28.6 Å². The smallest absolute Gasteiger partial charge is 0.271 e. The van der Waals surface area contributed by atoms with E-state index in [0.29, 0.717) is 17.9 Å². The molecule has 0 aliphatic heterocycles. The van der Waals surface area contributed by atoms with E-state index in [2.05, 4.69) is 9.71 Å². The monoisotopic (exact) mass is 297 g/mol. The van der Waals surface area contributed by atoms with E-state index in [1.807, 2.05) is 6.92 Å². The largest absolute Gasteiger partial charge is 0.326 e. The number of nitrogens with one attached hydrogen (secondary N) is 1. The molecule has 0 radical (unpaired) electrons. The van der Waals surface area contributed by atoms with Crippen LogP contribution in [0, 0.1) is 13.8 Å². The van der Waals surface area contributed by atoms with E-state index in [9.17, 15) is 8.42 Å². The first-order chi connectivity index (χ1) is 8.94. The van der Waals surface area contributed by atoms with Gasteiger partial charge in [0.25, 0.3) is 10.0 Å². The molecule has 102 valence electrons. The molecule has 0 fully saturated rings. The zero-order valence-corrected chi connectivity index (χ0v) is 12.3. The van der Waals surface area contributed by atoms with Crippen LogP contribution in [0.3, 0.4) is 0 Å². The molecule has 0 aromatic carbocycles. The highest BCUT2D eigenvalue weighted by atomic mass is 32.2. The molecule has 19 heavy (non-hydrogen) atoms. The fourth-order valence-corrected chi connectivity index (χ4v) is 4.20. The standard InChI is InChI=1S/C12H15N3O2S2/c1-8-6-12(18-11(8)7-13)19(16,17)15-10-4-3-5-14-9(10)2/h3-6,15H,7,13H2,1-2H3. The number of anilines is 1. The van der Waals surface area contributed by atoms with Crippen molar-refractivity contribution in [1.82, 2.24) is 4.98 Å². The van der Waals surface area contributed by atoms with Gasteiger partial charge in [-0.1, -0.05) is 0 Å². The average molecular weight is 297 g/mol. The summed E-state index contributed by atoms with van der Waals surface area (Å²) in [4.78, 5) is 4.93. The molecule has 2 aromatic rings. The molecule has 0 atom stereocenters. The van der Waals surface area contributed by atoms with Crippen molar-refractivity contribution in [2.24, 2.45) is 5.73 Å². The zero-order valence-electron chi connectivity index (χ0n) is 10.7. The van der Waals surface area contributed by atoms with Gasteiger partial charge in [0.15, 0.2) is 0 Å². The lowest BCUT2D eigenvalue weighted by Crippen LogP contribution is -2.12. The molecule has 0 spiro atoms.